The van der Waals surface area contributed by atoms with Gasteiger partial charge in [0.15, 0.2) is 5.72 Å². The number of hydrogen-bond donors (Lipinski definition) is 1. The fourth-order valence-corrected chi connectivity index (χ4v) is 2.55. The second kappa shape index (κ2) is 5.69. The van der Waals surface area contributed by atoms with Crippen molar-refractivity contribution in [1.82, 2.24) is 9.99 Å². The van der Waals surface area contributed by atoms with Crippen LogP contribution in [-0.4, -0.2) is 26.7 Å². The van der Waals surface area contributed by atoms with Crippen LogP contribution in [0.4, 0.5) is 0 Å². The normalized spacial score (nSPS) is 20.8. The Morgan fingerprint density at radius 2 is 2.05 bits per heavy atom. The first-order valence-corrected chi connectivity index (χ1v) is 7.24. The Bertz CT molecular complexity index is 700. The van der Waals surface area contributed by atoms with E-state index in [2.05, 4.69) is 10.1 Å². The number of nitrogens with zero attached hydrogens (tertiary/aromatic N) is 3. The standard InChI is InChI=1S/C17H17N3O2/c1-2-15-11-17(22,14-9-6-10-18-12-14)20(19-15)16(21)13-7-4-3-5-8-13/h3-10,12,22H,2,11H2,1H3/t17-/m1/s1. The number of aromatic nitrogens is 1. The fourth-order valence-electron chi connectivity index (χ4n) is 2.55. The predicted molar refractivity (Wildman–Crippen MR) is 83.1 cm³/mol. The van der Waals surface area contributed by atoms with Gasteiger partial charge in [-0.15, -0.1) is 0 Å². The molecule has 1 aliphatic rings. The lowest BCUT2D eigenvalue weighted by atomic mass is 9.97. The molecule has 0 aliphatic carbocycles. The molecule has 2 heterocycles. The van der Waals surface area contributed by atoms with Crippen LogP contribution in [0.15, 0.2) is 60.0 Å². The molecule has 1 aromatic carbocycles. The van der Waals surface area contributed by atoms with Gasteiger partial charge >= 0.3 is 0 Å². The Kier molecular flexibility index (Phi) is 3.73. The summed E-state index contributed by atoms with van der Waals surface area (Å²) in [6, 6.07) is 12.3. The molecule has 1 aromatic heterocycles. The zero-order chi connectivity index (χ0) is 15.6. The molecule has 5 heteroatoms. The van der Waals surface area contributed by atoms with Crippen LogP contribution in [0.3, 0.4) is 0 Å². The number of benzene rings is 1. The van der Waals surface area contributed by atoms with Gasteiger partial charge in [-0.25, -0.2) is 0 Å². The highest BCUT2D eigenvalue weighted by molar-refractivity contribution is 5.98. The second-order valence-corrected chi connectivity index (χ2v) is 5.24. The van der Waals surface area contributed by atoms with Crippen LogP contribution in [-0.2, 0) is 5.72 Å². The van der Waals surface area contributed by atoms with Crippen molar-refractivity contribution < 1.29 is 9.90 Å². The maximum atomic E-state index is 12.7. The van der Waals surface area contributed by atoms with E-state index in [0.717, 1.165) is 5.71 Å². The Hall–Kier alpha value is -2.53. The molecule has 1 N–H and O–H groups in total. The van der Waals surface area contributed by atoms with Gasteiger partial charge < -0.3 is 5.11 Å². The first-order chi connectivity index (χ1) is 10.6. The Morgan fingerprint density at radius 3 is 2.68 bits per heavy atom. The molecule has 112 valence electrons. The van der Waals surface area contributed by atoms with E-state index in [1.54, 1.807) is 48.8 Å². The maximum absolute atomic E-state index is 12.7. The van der Waals surface area contributed by atoms with Crippen molar-refractivity contribution in [2.24, 2.45) is 5.10 Å². The van der Waals surface area contributed by atoms with Gasteiger partial charge in [0, 0.05) is 35.7 Å². The summed E-state index contributed by atoms with van der Waals surface area (Å²) in [5.41, 5.74) is 0.361. The van der Waals surface area contributed by atoms with Crippen LogP contribution >= 0.6 is 0 Å². The van der Waals surface area contributed by atoms with Gasteiger partial charge in [-0.2, -0.15) is 10.1 Å². The van der Waals surface area contributed by atoms with E-state index in [-0.39, 0.29) is 5.91 Å². The highest BCUT2D eigenvalue weighted by Crippen LogP contribution is 2.36. The van der Waals surface area contributed by atoms with Crippen LogP contribution in [0.25, 0.3) is 0 Å². The van der Waals surface area contributed by atoms with Crippen molar-refractivity contribution in [3.8, 4) is 0 Å². The molecule has 5 nitrogen and oxygen atoms in total. The molecule has 0 spiro atoms. The van der Waals surface area contributed by atoms with E-state index in [0.29, 0.717) is 24.0 Å². The summed E-state index contributed by atoms with van der Waals surface area (Å²) in [6.07, 6.45) is 4.18. The molecule has 1 amide bonds. The largest absolute Gasteiger partial charge is 0.365 e. The van der Waals surface area contributed by atoms with E-state index in [1.807, 2.05) is 13.0 Å². The van der Waals surface area contributed by atoms with Crippen molar-refractivity contribution in [2.75, 3.05) is 0 Å². The molecule has 22 heavy (non-hydrogen) atoms. The van der Waals surface area contributed by atoms with Crippen LogP contribution < -0.4 is 0 Å². The Morgan fingerprint density at radius 1 is 1.27 bits per heavy atom. The average Bonchev–Trinajstić information content (AvgIpc) is 2.94. The fraction of sp³-hybridized carbons (Fsp3) is 0.235. The van der Waals surface area contributed by atoms with Gasteiger partial charge in [0.05, 0.1) is 0 Å². The smallest absolute Gasteiger partial charge is 0.276 e. The van der Waals surface area contributed by atoms with Gasteiger partial charge in [-0.1, -0.05) is 31.2 Å². The molecular weight excluding hydrogens is 278 g/mol. The van der Waals surface area contributed by atoms with E-state index in [9.17, 15) is 9.90 Å². The van der Waals surface area contributed by atoms with Crippen LogP contribution in [0.5, 0.6) is 0 Å². The number of hydrogen-bond acceptors (Lipinski definition) is 4. The molecule has 0 saturated heterocycles. The Balaban J connectivity index is 2.02. The van der Waals surface area contributed by atoms with E-state index in [4.69, 9.17) is 0 Å². The van der Waals surface area contributed by atoms with Gasteiger partial charge in [-0.05, 0) is 24.6 Å². The average molecular weight is 295 g/mol. The minimum Gasteiger partial charge on any atom is -0.365 e. The molecule has 0 unspecified atom stereocenters. The molecule has 0 radical (unpaired) electrons. The summed E-state index contributed by atoms with van der Waals surface area (Å²) in [7, 11) is 0. The number of aliphatic hydroxyl groups is 1. The van der Waals surface area contributed by atoms with Gasteiger partial charge in [-0.3, -0.25) is 9.78 Å². The van der Waals surface area contributed by atoms with E-state index < -0.39 is 5.72 Å². The summed E-state index contributed by atoms with van der Waals surface area (Å²) in [5.74, 6) is -0.324. The number of pyridine rings is 1. The summed E-state index contributed by atoms with van der Waals surface area (Å²) in [6.45, 7) is 1.96. The number of hydrazone groups is 1. The molecule has 0 fully saturated rings. The van der Waals surface area contributed by atoms with Crippen LogP contribution in [0.1, 0.15) is 35.7 Å². The lowest BCUT2D eigenvalue weighted by Gasteiger charge is -2.31. The van der Waals surface area contributed by atoms with Crippen LogP contribution in [0, 0.1) is 0 Å². The monoisotopic (exact) mass is 295 g/mol. The zero-order valence-electron chi connectivity index (χ0n) is 12.3. The molecule has 3 rings (SSSR count). The van der Waals surface area contributed by atoms with Gasteiger partial charge in [0.2, 0.25) is 0 Å². The highest BCUT2D eigenvalue weighted by atomic mass is 16.3. The predicted octanol–water partition coefficient (Wildman–Crippen LogP) is 2.54. The van der Waals surface area contributed by atoms with Crippen molar-refractivity contribution in [3.05, 3.63) is 66.0 Å². The minimum atomic E-state index is -1.48. The lowest BCUT2D eigenvalue weighted by molar-refractivity contribution is -0.0767. The number of carbonyl (C=O) groups excluding carboxylic acids is 1. The third-order valence-corrected chi connectivity index (χ3v) is 3.79. The van der Waals surface area contributed by atoms with E-state index in [1.165, 1.54) is 5.01 Å². The zero-order valence-corrected chi connectivity index (χ0v) is 12.3. The summed E-state index contributed by atoms with van der Waals surface area (Å²) in [4.78, 5) is 16.8. The number of carbonyl (C=O) groups is 1. The SMILES string of the molecule is CCC1=NN(C(=O)c2ccccc2)[C@](O)(c2cccnc2)C1. The topological polar surface area (TPSA) is 65.8 Å². The molecule has 1 aliphatic heterocycles. The molecule has 1 atom stereocenters. The van der Waals surface area contributed by atoms with Gasteiger partial charge in [0.25, 0.3) is 5.91 Å². The molecule has 0 bridgehead atoms. The van der Waals surface area contributed by atoms with Crippen molar-refractivity contribution in [3.63, 3.8) is 0 Å². The molecule has 2 aromatic rings. The summed E-state index contributed by atoms with van der Waals surface area (Å²) >= 11 is 0. The third-order valence-electron chi connectivity index (χ3n) is 3.79. The second-order valence-electron chi connectivity index (χ2n) is 5.24. The van der Waals surface area contributed by atoms with Crippen molar-refractivity contribution in [1.29, 1.82) is 0 Å². The summed E-state index contributed by atoms with van der Waals surface area (Å²) < 4.78 is 0. The minimum absolute atomic E-state index is 0.299. The third kappa shape index (κ3) is 2.40. The number of amides is 1. The van der Waals surface area contributed by atoms with E-state index >= 15 is 0 Å². The Labute approximate surface area is 128 Å². The van der Waals surface area contributed by atoms with Crippen LogP contribution in [0.2, 0.25) is 0 Å². The highest BCUT2D eigenvalue weighted by Gasteiger charge is 2.45. The molecular formula is C17H17N3O2. The summed E-state index contributed by atoms with van der Waals surface area (Å²) in [5, 5.41) is 16.6. The lowest BCUT2D eigenvalue weighted by Crippen LogP contribution is -2.43. The van der Waals surface area contributed by atoms with Crippen molar-refractivity contribution in [2.45, 2.75) is 25.5 Å². The van der Waals surface area contributed by atoms with Crippen molar-refractivity contribution >= 4 is 11.6 Å². The number of rotatable bonds is 3. The first-order valence-electron chi connectivity index (χ1n) is 7.24. The first kappa shape index (κ1) is 14.4. The quantitative estimate of drug-likeness (QED) is 0.946. The molecule has 0 saturated carbocycles. The van der Waals surface area contributed by atoms with Gasteiger partial charge in [0.1, 0.15) is 0 Å². The maximum Gasteiger partial charge on any atom is 0.276 e.